The zero-order valence-corrected chi connectivity index (χ0v) is 19.6. The summed E-state index contributed by atoms with van der Waals surface area (Å²) in [7, 11) is 2.04. The third-order valence-electron chi connectivity index (χ3n) is 6.97. The minimum absolute atomic E-state index is 0.413. The summed E-state index contributed by atoms with van der Waals surface area (Å²) in [6, 6.07) is 7.17. The van der Waals surface area contributed by atoms with Gasteiger partial charge in [-0.25, -0.2) is 0 Å². The number of rotatable bonds is 7. The summed E-state index contributed by atoms with van der Waals surface area (Å²) in [5, 5.41) is 3.32. The quantitative estimate of drug-likeness (QED) is 0.650. The Hall–Kier alpha value is -1.32. The second-order valence-corrected chi connectivity index (χ2v) is 10.1. The standard InChI is InChI=1S/C26H43N3/c1-6-7-14-28-15-17-29(18-16-28)25-19-21(20-27-5)8-13-24(25)22-9-11-23(12-10-22)26(2,3)4/h8-9,13,19,23,27H,6-7,10-12,14-18,20H2,1-5H3. The molecule has 0 bridgehead atoms. The van der Waals surface area contributed by atoms with Crippen LogP contribution in [0.25, 0.3) is 5.57 Å². The molecule has 1 N–H and O–H groups in total. The van der Waals surface area contributed by atoms with Crippen molar-refractivity contribution in [3.8, 4) is 0 Å². The van der Waals surface area contributed by atoms with E-state index >= 15 is 0 Å². The summed E-state index contributed by atoms with van der Waals surface area (Å²) in [5.74, 6) is 0.806. The van der Waals surface area contributed by atoms with Gasteiger partial charge in [-0.3, -0.25) is 4.90 Å². The lowest BCUT2D eigenvalue weighted by Gasteiger charge is -2.38. The first-order valence-corrected chi connectivity index (χ1v) is 11.9. The second-order valence-electron chi connectivity index (χ2n) is 10.1. The number of hydrogen-bond donors (Lipinski definition) is 1. The molecule has 162 valence electrons. The Bertz CT molecular complexity index is 678. The molecule has 0 radical (unpaired) electrons. The molecule has 1 aliphatic heterocycles. The number of nitrogens with zero attached hydrogens (tertiary/aromatic N) is 2. The van der Waals surface area contributed by atoms with Crippen molar-refractivity contribution in [1.29, 1.82) is 0 Å². The van der Waals surface area contributed by atoms with Crippen LogP contribution in [0.4, 0.5) is 5.69 Å². The Morgan fingerprint density at radius 3 is 2.45 bits per heavy atom. The van der Waals surface area contributed by atoms with Crippen LogP contribution in [0.5, 0.6) is 0 Å². The minimum Gasteiger partial charge on any atom is -0.368 e. The van der Waals surface area contributed by atoms with Crippen LogP contribution >= 0.6 is 0 Å². The molecule has 0 amide bonds. The highest BCUT2D eigenvalue weighted by Crippen LogP contribution is 2.41. The molecule has 1 aromatic carbocycles. The summed E-state index contributed by atoms with van der Waals surface area (Å²) in [5.41, 5.74) is 6.33. The molecule has 0 spiro atoms. The lowest BCUT2D eigenvalue weighted by molar-refractivity contribution is 0.225. The Morgan fingerprint density at radius 2 is 1.86 bits per heavy atom. The van der Waals surface area contributed by atoms with Crippen molar-refractivity contribution in [3.05, 3.63) is 35.4 Å². The predicted octanol–water partition coefficient (Wildman–Crippen LogP) is 5.56. The van der Waals surface area contributed by atoms with Gasteiger partial charge >= 0.3 is 0 Å². The van der Waals surface area contributed by atoms with E-state index in [4.69, 9.17) is 0 Å². The van der Waals surface area contributed by atoms with Gasteiger partial charge in [0.2, 0.25) is 0 Å². The maximum atomic E-state index is 3.32. The first kappa shape index (κ1) is 22.4. The molecule has 1 saturated heterocycles. The van der Waals surface area contributed by atoms with Gasteiger partial charge in [0.25, 0.3) is 0 Å². The molecule has 0 saturated carbocycles. The highest BCUT2D eigenvalue weighted by atomic mass is 15.3. The topological polar surface area (TPSA) is 18.5 Å². The summed E-state index contributed by atoms with van der Waals surface area (Å²) in [4.78, 5) is 5.29. The van der Waals surface area contributed by atoms with E-state index in [1.807, 2.05) is 7.05 Å². The van der Waals surface area contributed by atoms with Gasteiger partial charge in [0, 0.05) is 44.0 Å². The largest absolute Gasteiger partial charge is 0.368 e. The molecule has 1 heterocycles. The predicted molar refractivity (Wildman–Crippen MR) is 128 cm³/mol. The van der Waals surface area contributed by atoms with E-state index in [0.29, 0.717) is 5.41 Å². The lowest BCUT2D eigenvalue weighted by atomic mass is 9.72. The van der Waals surface area contributed by atoms with Gasteiger partial charge in [-0.15, -0.1) is 0 Å². The van der Waals surface area contributed by atoms with E-state index < -0.39 is 0 Å². The normalized spacial score (nSPS) is 21.3. The lowest BCUT2D eigenvalue weighted by Crippen LogP contribution is -2.47. The number of piperazine rings is 1. The van der Waals surface area contributed by atoms with Crippen molar-refractivity contribution < 1.29 is 0 Å². The highest BCUT2D eigenvalue weighted by molar-refractivity contribution is 5.78. The third kappa shape index (κ3) is 5.86. The van der Waals surface area contributed by atoms with Crippen LogP contribution < -0.4 is 10.2 Å². The number of anilines is 1. The van der Waals surface area contributed by atoms with Crippen LogP contribution in [0.3, 0.4) is 0 Å². The van der Waals surface area contributed by atoms with Gasteiger partial charge in [0.15, 0.2) is 0 Å². The number of nitrogens with one attached hydrogen (secondary N) is 1. The average molecular weight is 398 g/mol. The van der Waals surface area contributed by atoms with E-state index in [1.54, 1.807) is 5.57 Å². The number of hydrogen-bond acceptors (Lipinski definition) is 3. The highest BCUT2D eigenvalue weighted by Gasteiger charge is 2.28. The molecule has 29 heavy (non-hydrogen) atoms. The monoisotopic (exact) mass is 397 g/mol. The van der Waals surface area contributed by atoms with Crippen molar-refractivity contribution >= 4 is 11.3 Å². The van der Waals surface area contributed by atoms with Gasteiger partial charge in [-0.1, -0.05) is 52.3 Å². The fourth-order valence-electron chi connectivity index (χ4n) is 4.88. The maximum absolute atomic E-state index is 3.32. The van der Waals surface area contributed by atoms with Crippen LogP contribution in [0.2, 0.25) is 0 Å². The fraction of sp³-hybridized carbons (Fsp3) is 0.692. The minimum atomic E-state index is 0.413. The van der Waals surface area contributed by atoms with Gasteiger partial charge in [-0.2, -0.15) is 0 Å². The Balaban J connectivity index is 1.79. The SMILES string of the molecule is CCCCN1CCN(c2cc(CNC)ccc2C2=CCC(C(C)(C)C)CC2)CC1. The van der Waals surface area contributed by atoms with Crippen LogP contribution in [0.15, 0.2) is 24.3 Å². The second kappa shape index (κ2) is 10.1. The molecular weight excluding hydrogens is 354 g/mol. The zero-order chi connectivity index (χ0) is 20.9. The molecule has 2 aliphatic rings. The van der Waals surface area contributed by atoms with E-state index in [1.165, 1.54) is 68.6 Å². The smallest absolute Gasteiger partial charge is 0.0446 e. The Labute approximate surface area is 179 Å². The molecule has 3 heteroatoms. The van der Waals surface area contributed by atoms with Gasteiger partial charge in [-0.05, 0) is 67.8 Å². The van der Waals surface area contributed by atoms with E-state index in [0.717, 1.165) is 25.6 Å². The van der Waals surface area contributed by atoms with E-state index in [2.05, 4.69) is 67.1 Å². The molecule has 1 fully saturated rings. The zero-order valence-electron chi connectivity index (χ0n) is 19.6. The number of unbranched alkanes of at least 4 members (excludes halogenated alkanes) is 1. The third-order valence-corrected chi connectivity index (χ3v) is 6.97. The van der Waals surface area contributed by atoms with Crippen molar-refractivity contribution in [2.24, 2.45) is 11.3 Å². The first-order chi connectivity index (χ1) is 13.9. The van der Waals surface area contributed by atoms with E-state index in [-0.39, 0.29) is 0 Å². The van der Waals surface area contributed by atoms with Gasteiger partial charge < -0.3 is 10.2 Å². The Kier molecular flexibility index (Phi) is 7.81. The van der Waals surface area contributed by atoms with Crippen molar-refractivity contribution in [1.82, 2.24) is 10.2 Å². The molecule has 3 nitrogen and oxygen atoms in total. The van der Waals surface area contributed by atoms with Gasteiger partial charge in [0.1, 0.15) is 0 Å². The average Bonchev–Trinajstić information content (AvgIpc) is 2.72. The summed E-state index contributed by atoms with van der Waals surface area (Å²) >= 11 is 0. The van der Waals surface area contributed by atoms with Crippen molar-refractivity contribution in [2.45, 2.75) is 66.3 Å². The molecule has 1 aliphatic carbocycles. The van der Waals surface area contributed by atoms with Crippen LogP contribution in [0, 0.1) is 11.3 Å². The molecule has 1 unspecified atom stereocenters. The first-order valence-electron chi connectivity index (χ1n) is 11.9. The molecule has 0 aromatic heterocycles. The summed E-state index contributed by atoms with van der Waals surface area (Å²) < 4.78 is 0. The van der Waals surface area contributed by atoms with Crippen LogP contribution in [0.1, 0.15) is 70.9 Å². The molecule has 1 atom stereocenters. The molecular formula is C26H43N3. The number of allylic oxidation sites excluding steroid dienone is 2. The Morgan fingerprint density at radius 1 is 1.10 bits per heavy atom. The fourth-order valence-corrected chi connectivity index (χ4v) is 4.88. The maximum Gasteiger partial charge on any atom is 0.0446 e. The van der Waals surface area contributed by atoms with E-state index in [9.17, 15) is 0 Å². The van der Waals surface area contributed by atoms with Gasteiger partial charge in [0.05, 0.1) is 0 Å². The van der Waals surface area contributed by atoms with Crippen LogP contribution in [-0.2, 0) is 6.54 Å². The van der Waals surface area contributed by atoms with Crippen molar-refractivity contribution in [3.63, 3.8) is 0 Å². The number of benzene rings is 1. The van der Waals surface area contributed by atoms with Crippen LogP contribution in [-0.4, -0.2) is 44.7 Å². The summed E-state index contributed by atoms with van der Waals surface area (Å²) in [6.45, 7) is 16.4. The summed E-state index contributed by atoms with van der Waals surface area (Å²) in [6.07, 6.45) is 8.92. The van der Waals surface area contributed by atoms with Crippen molar-refractivity contribution in [2.75, 3.05) is 44.7 Å². The molecule has 1 aromatic rings. The molecule has 3 rings (SSSR count).